The van der Waals surface area contributed by atoms with Gasteiger partial charge in [-0.15, -0.1) is 0 Å². The number of anilines is 1. The van der Waals surface area contributed by atoms with Crippen molar-refractivity contribution in [2.45, 2.75) is 38.1 Å². The van der Waals surface area contributed by atoms with Gasteiger partial charge >= 0.3 is 0 Å². The molecule has 1 saturated carbocycles. The molecule has 0 unspecified atom stereocenters. The first-order valence-electron chi connectivity index (χ1n) is 9.16. The lowest BCUT2D eigenvalue weighted by Crippen LogP contribution is -2.44. The van der Waals surface area contributed by atoms with Crippen molar-refractivity contribution in [3.05, 3.63) is 53.1 Å². The van der Waals surface area contributed by atoms with E-state index in [0.29, 0.717) is 24.5 Å². The maximum absolute atomic E-state index is 13.0. The number of nitrogens with one attached hydrogen (secondary N) is 1. The summed E-state index contributed by atoms with van der Waals surface area (Å²) >= 11 is 0. The van der Waals surface area contributed by atoms with Crippen molar-refractivity contribution in [1.82, 2.24) is 5.32 Å². The van der Waals surface area contributed by atoms with Crippen LogP contribution in [0.25, 0.3) is 0 Å². The number of rotatable bonds is 3. The molecule has 0 radical (unpaired) electrons. The molecule has 0 saturated heterocycles. The van der Waals surface area contributed by atoms with Crippen molar-refractivity contribution in [2.24, 2.45) is 0 Å². The van der Waals surface area contributed by atoms with E-state index in [1.54, 1.807) is 6.07 Å². The van der Waals surface area contributed by atoms with Crippen LogP contribution < -0.4 is 20.5 Å². The van der Waals surface area contributed by atoms with Gasteiger partial charge in [-0.1, -0.05) is 25.0 Å². The summed E-state index contributed by atoms with van der Waals surface area (Å²) in [7, 11) is 0. The summed E-state index contributed by atoms with van der Waals surface area (Å²) in [5.74, 6) is 1.45. The predicted molar refractivity (Wildman–Crippen MR) is 101 cm³/mol. The van der Waals surface area contributed by atoms with Crippen LogP contribution in [0.3, 0.4) is 0 Å². The van der Waals surface area contributed by atoms with Crippen molar-refractivity contribution in [3.8, 4) is 11.5 Å². The topological polar surface area (TPSA) is 73.6 Å². The molecule has 1 amide bonds. The number of carbonyl (C=O) groups is 1. The second-order valence-electron chi connectivity index (χ2n) is 7.18. The van der Waals surface area contributed by atoms with E-state index in [2.05, 4.69) is 5.32 Å². The highest BCUT2D eigenvalue weighted by Gasteiger charge is 2.38. The Morgan fingerprint density at radius 3 is 2.54 bits per heavy atom. The molecular weight excluding hydrogens is 328 g/mol. The quantitative estimate of drug-likeness (QED) is 0.829. The Morgan fingerprint density at radius 1 is 1.04 bits per heavy atom. The van der Waals surface area contributed by atoms with Gasteiger partial charge in [0.1, 0.15) is 13.2 Å². The molecule has 0 spiro atoms. The monoisotopic (exact) mass is 352 g/mol. The van der Waals surface area contributed by atoms with Gasteiger partial charge < -0.3 is 20.5 Å². The maximum atomic E-state index is 13.0. The SMILES string of the molecule is Cc1ccc(N)cc1C(=O)NC1(c2ccc3c(c2)OCCO3)CCCC1. The van der Waals surface area contributed by atoms with Crippen molar-refractivity contribution < 1.29 is 14.3 Å². The van der Waals surface area contributed by atoms with Crippen LogP contribution in [0.15, 0.2) is 36.4 Å². The van der Waals surface area contributed by atoms with Gasteiger partial charge in [0.2, 0.25) is 0 Å². The molecule has 1 fully saturated rings. The summed E-state index contributed by atoms with van der Waals surface area (Å²) in [6.07, 6.45) is 4.01. The molecule has 0 aromatic heterocycles. The zero-order chi connectivity index (χ0) is 18.1. The van der Waals surface area contributed by atoms with Gasteiger partial charge in [0.05, 0.1) is 5.54 Å². The van der Waals surface area contributed by atoms with E-state index in [0.717, 1.165) is 48.3 Å². The highest BCUT2D eigenvalue weighted by atomic mass is 16.6. The zero-order valence-corrected chi connectivity index (χ0v) is 15.0. The number of ether oxygens (including phenoxy) is 2. The van der Waals surface area contributed by atoms with E-state index in [-0.39, 0.29) is 11.4 Å². The Kier molecular flexibility index (Phi) is 4.23. The number of carbonyl (C=O) groups excluding carboxylic acids is 1. The van der Waals surface area contributed by atoms with Gasteiger partial charge in [-0.2, -0.15) is 0 Å². The van der Waals surface area contributed by atoms with Crippen LogP contribution in [-0.2, 0) is 5.54 Å². The number of nitrogen functional groups attached to an aromatic ring is 1. The lowest BCUT2D eigenvalue weighted by Gasteiger charge is -2.32. The van der Waals surface area contributed by atoms with Crippen molar-refractivity contribution in [1.29, 1.82) is 0 Å². The Bertz CT molecular complexity index is 841. The Hall–Kier alpha value is -2.69. The summed E-state index contributed by atoms with van der Waals surface area (Å²) in [4.78, 5) is 13.0. The fraction of sp³-hybridized carbons (Fsp3) is 0.381. The lowest BCUT2D eigenvalue weighted by molar-refractivity contribution is 0.0897. The Labute approximate surface area is 153 Å². The molecule has 4 rings (SSSR count). The highest BCUT2D eigenvalue weighted by molar-refractivity contribution is 5.97. The summed E-state index contributed by atoms with van der Waals surface area (Å²) in [6.45, 7) is 3.06. The fourth-order valence-corrected chi connectivity index (χ4v) is 3.97. The first kappa shape index (κ1) is 16.8. The predicted octanol–water partition coefficient (Wildman–Crippen LogP) is 3.55. The van der Waals surface area contributed by atoms with Crippen LogP contribution in [0.4, 0.5) is 5.69 Å². The molecule has 2 aliphatic rings. The average Bonchev–Trinajstić information content (AvgIpc) is 3.13. The van der Waals surface area contributed by atoms with Crippen LogP contribution in [0.2, 0.25) is 0 Å². The molecule has 1 aliphatic heterocycles. The van der Waals surface area contributed by atoms with Gasteiger partial charge in [-0.3, -0.25) is 4.79 Å². The van der Waals surface area contributed by atoms with Crippen molar-refractivity contribution in [3.63, 3.8) is 0 Å². The third-order valence-electron chi connectivity index (χ3n) is 5.41. The maximum Gasteiger partial charge on any atom is 0.252 e. The fourth-order valence-electron chi connectivity index (χ4n) is 3.97. The largest absolute Gasteiger partial charge is 0.486 e. The third kappa shape index (κ3) is 2.98. The van der Waals surface area contributed by atoms with Gasteiger partial charge in [-0.25, -0.2) is 0 Å². The third-order valence-corrected chi connectivity index (χ3v) is 5.41. The van der Waals surface area contributed by atoms with Crippen LogP contribution in [0, 0.1) is 6.92 Å². The number of amides is 1. The molecule has 1 aliphatic carbocycles. The minimum absolute atomic E-state index is 0.0772. The van der Waals surface area contributed by atoms with E-state index in [4.69, 9.17) is 15.2 Å². The molecule has 2 aromatic rings. The molecular formula is C21H24N2O3. The van der Waals surface area contributed by atoms with Gasteiger partial charge in [0.15, 0.2) is 11.5 Å². The van der Waals surface area contributed by atoms with Crippen LogP contribution in [-0.4, -0.2) is 19.1 Å². The lowest BCUT2D eigenvalue weighted by atomic mass is 9.87. The minimum Gasteiger partial charge on any atom is -0.486 e. The number of hydrogen-bond acceptors (Lipinski definition) is 4. The number of hydrogen-bond donors (Lipinski definition) is 2. The Morgan fingerprint density at radius 2 is 1.77 bits per heavy atom. The van der Waals surface area contributed by atoms with Crippen molar-refractivity contribution in [2.75, 3.05) is 18.9 Å². The normalized spacial score (nSPS) is 17.7. The second kappa shape index (κ2) is 6.56. The molecule has 0 atom stereocenters. The summed E-state index contributed by atoms with van der Waals surface area (Å²) in [5, 5.41) is 3.31. The van der Waals surface area contributed by atoms with Crippen LogP contribution >= 0.6 is 0 Å². The standard InChI is InChI=1S/C21H24N2O3/c1-14-4-6-16(22)13-17(14)20(24)23-21(8-2-3-9-21)15-5-7-18-19(12-15)26-11-10-25-18/h4-7,12-13H,2-3,8-11,22H2,1H3,(H,23,24). The average molecular weight is 352 g/mol. The molecule has 1 heterocycles. The van der Waals surface area contributed by atoms with Gasteiger partial charge in [0, 0.05) is 11.3 Å². The molecule has 5 nitrogen and oxygen atoms in total. The van der Waals surface area contributed by atoms with E-state index in [1.165, 1.54) is 0 Å². The van der Waals surface area contributed by atoms with Gasteiger partial charge in [-0.05, 0) is 55.2 Å². The molecule has 5 heteroatoms. The van der Waals surface area contributed by atoms with Crippen molar-refractivity contribution >= 4 is 11.6 Å². The number of aryl methyl sites for hydroxylation is 1. The van der Waals surface area contributed by atoms with Crippen LogP contribution in [0.5, 0.6) is 11.5 Å². The summed E-state index contributed by atoms with van der Waals surface area (Å²) in [5.41, 5.74) is 8.74. The van der Waals surface area contributed by atoms with E-state index in [1.807, 2.05) is 37.3 Å². The first-order valence-corrected chi connectivity index (χ1v) is 9.16. The van der Waals surface area contributed by atoms with E-state index in [9.17, 15) is 4.79 Å². The summed E-state index contributed by atoms with van der Waals surface area (Å²) in [6, 6.07) is 11.5. The van der Waals surface area contributed by atoms with E-state index >= 15 is 0 Å². The second-order valence-corrected chi connectivity index (χ2v) is 7.18. The number of fused-ring (bicyclic) bond motifs is 1. The van der Waals surface area contributed by atoms with Gasteiger partial charge in [0.25, 0.3) is 5.91 Å². The molecule has 2 aromatic carbocycles. The summed E-state index contributed by atoms with van der Waals surface area (Å²) < 4.78 is 11.4. The number of nitrogens with two attached hydrogens (primary N) is 1. The van der Waals surface area contributed by atoms with E-state index < -0.39 is 0 Å². The first-order chi connectivity index (χ1) is 12.6. The smallest absolute Gasteiger partial charge is 0.252 e. The Balaban J connectivity index is 1.67. The molecule has 0 bridgehead atoms. The molecule has 3 N–H and O–H groups in total. The highest BCUT2D eigenvalue weighted by Crippen LogP contribution is 2.42. The molecule has 136 valence electrons. The number of benzene rings is 2. The molecule has 26 heavy (non-hydrogen) atoms. The van der Waals surface area contributed by atoms with Crippen LogP contribution in [0.1, 0.15) is 47.2 Å². The minimum atomic E-state index is -0.371. The zero-order valence-electron chi connectivity index (χ0n) is 15.0.